The Morgan fingerprint density at radius 3 is 2.10 bits per heavy atom. The predicted molar refractivity (Wildman–Crippen MR) is 79.4 cm³/mol. The summed E-state index contributed by atoms with van der Waals surface area (Å²) in [6.45, 7) is 0. The second kappa shape index (κ2) is 5.94. The SMILES string of the molecule is NC(=O)c1ccc(NC(=O)c2ccc(Cl)cc2)c(Cl)c1. The number of hydrogen-bond acceptors (Lipinski definition) is 2. The Morgan fingerprint density at radius 2 is 1.55 bits per heavy atom. The van der Waals surface area contributed by atoms with Gasteiger partial charge >= 0.3 is 0 Å². The van der Waals surface area contributed by atoms with Gasteiger partial charge in [0.2, 0.25) is 5.91 Å². The quantitative estimate of drug-likeness (QED) is 0.912. The third kappa shape index (κ3) is 3.29. The summed E-state index contributed by atoms with van der Waals surface area (Å²) in [5, 5.41) is 3.43. The maximum atomic E-state index is 12.0. The zero-order valence-corrected chi connectivity index (χ0v) is 11.7. The van der Waals surface area contributed by atoms with Gasteiger partial charge in [-0.05, 0) is 42.5 Å². The van der Waals surface area contributed by atoms with Gasteiger partial charge in [-0.25, -0.2) is 0 Å². The van der Waals surface area contributed by atoms with Gasteiger partial charge in [-0.1, -0.05) is 23.2 Å². The van der Waals surface area contributed by atoms with Gasteiger partial charge in [0.1, 0.15) is 0 Å². The molecule has 3 N–H and O–H groups in total. The summed E-state index contributed by atoms with van der Waals surface area (Å²) in [7, 11) is 0. The lowest BCUT2D eigenvalue weighted by molar-refractivity contribution is 0.0998. The maximum absolute atomic E-state index is 12.0. The number of hydrogen-bond donors (Lipinski definition) is 2. The van der Waals surface area contributed by atoms with Crippen molar-refractivity contribution in [2.24, 2.45) is 5.73 Å². The van der Waals surface area contributed by atoms with Crippen molar-refractivity contribution in [3.05, 3.63) is 63.6 Å². The van der Waals surface area contributed by atoms with Crippen molar-refractivity contribution in [2.75, 3.05) is 5.32 Å². The van der Waals surface area contributed by atoms with Crippen LogP contribution in [0.5, 0.6) is 0 Å². The summed E-state index contributed by atoms with van der Waals surface area (Å²) < 4.78 is 0. The van der Waals surface area contributed by atoms with Crippen LogP contribution in [0.1, 0.15) is 20.7 Å². The molecule has 0 fully saturated rings. The van der Waals surface area contributed by atoms with E-state index < -0.39 is 5.91 Å². The summed E-state index contributed by atoms with van der Waals surface area (Å²) in [6, 6.07) is 10.9. The van der Waals surface area contributed by atoms with E-state index in [1.807, 2.05) is 0 Å². The van der Waals surface area contributed by atoms with Crippen LogP contribution in [0.2, 0.25) is 10.0 Å². The second-order valence-electron chi connectivity index (χ2n) is 4.02. The zero-order chi connectivity index (χ0) is 14.7. The van der Waals surface area contributed by atoms with Crippen LogP contribution >= 0.6 is 23.2 Å². The number of amides is 2. The molecule has 0 heterocycles. The molecule has 0 bridgehead atoms. The van der Waals surface area contributed by atoms with Gasteiger partial charge in [0.25, 0.3) is 5.91 Å². The second-order valence-corrected chi connectivity index (χ2v) is 4.86. The molecule has 0 aliphatic rings. The highest BCUT2D eigenvalue weighted by Crippen LogP contribution is 2.23. The number of nitrogens with one attached hydrogen (secondary N) is 1. The van der Waals surface area contributed by atoms with Crippen LogP contribution in [0.3, 0.4) is 0 Å². The van der Waals surface area contributed by atoms with Crippen molar-refractivity contribution < 1.29 is 9.59 Å². The summed E-state index contributed by atoms with van der Waals surface area (Å²) in [5.74, 6) is -0.905. The van der Waals surface area contributed by atoms with Gasteiger partial charge < -0.3 is 11.1 Å². The average molecular weight is 309 g/mol. The third-order valence-corrected chi connectivity index (χ3v) is 3.17. The van der Waals surface area contributed by atoms with Gasteiger partial charge in [-0.15, -0.1) is 0 Å². The number of nitrogens with two attached hydrogens (primary N) is 1. The zero-order valence-electron chi connectivity index (χ0n) is 10.2. The molecule has 2 aromatic rings. The van der Waals surface area contributed by atoms with E-state index >= 15 is 0 Å². The van der Waals surface area contributed by atoms with Gasteiger partial charge in [-0.2, -0.15) is 0 Å². The maximum Gasteiger partial charge on any atom is 0.255 e. The fraction of sp³-hybridized carbons (Fsp3) is 0. The van der Waals surface area contributed by atoms with Crippen molar-refractivity contribution in [3.8, 4) is 0 Å². The molecule has 2 rings (SSSR count). The first-order valence-corrected chi connectivity index (χ1v) is 6.39. The standard InChI is InChI=1S/C14H10Cl2N2O2/c15-10-4-1-8(2-5-10)14(20)18-12-6-3-9(13(17)19)7-11(12)16/h1-7H,(H2,17,19)(H,18,20). The molecular formula is C14H10Cl2N2O2. The van der Waals surface area contributed by atoms with Crippen LogP contribution in [0.15, 0.2) is 42.5 Å². The van der Waals surface area contributed by atoms with Crippen molar-refractivity contribution in [3.63, 3.8) is 0 Å². The van der Waals surface area contributed by atoms with Crippen LogP contribution in [0.25, 0.3) is 0 Å². The summed E-state index contributed by atoms with van der Waals surface area (Å²) in [4.78, 5) is 23.0. The number of carbonyl (C=O) groups excluding carboxylic acids is 2. The van der Waals surface area contributed by atoms with Crippen LogP contribution in [-0.2, 0) is 0 Å². The lowest BCUT2D eigenvalue weighted by Crippen LogP contribution is -2.14. The molecule has 0 spiro atoms. The first-order chi connectivity index (χ1) is 9.47. The van der Waals surface area contributed by atoms with Crippen LogP contribution < -0.4 is 11.1 Å². The van der Waals surface area contributed by atoms with Crippen LogP contribution in [-0.4, -0.2) is 11.8 Å². The lowest BCUT2D eigenvalue weighted by atomic mass is 10.1. The van der Waals surface area contributed by atoms with E-state index in [1.54, 1.807) is 24.3 Å². The van der Waals surface area contributed by atoms with Gasteiger partial charge in [-0.3, -0.25) is 9.59 Å². The Hall–Kier alpha value is -2.04. The molecule has 0 saturated carbocycles. The highest BCUT2D eigenvalue weighted by Gasteiger charge is 2.10. The fourth-order valence-electron chi connectivity index (χ4n) is 1.57. The van der Waals surface area contributed by atoms with Gasteiger partial charge in [0, 0.05) is 16.1 Å². The Bertz CT molecular complexity index is 669. The minimum Gasteiger partial charge on any atom is -0.366 e. The van der Waals surface area contributed by atoms with Crippen molar-refractivity contribution in [2.45, 2.75) is 0 Å². The molecule has 4 nitrogen and oxygen atoms in total. The molecule has 0 aliphatic heterocycles. The van der Waals surface area contributed by atoms with Crippen molar-refractivity contribution in [1.82, 2.24) is 0 Å². The van der Waals surface area contributed by atoms with Gasteiger partial charge in [0.15, 0.2) is 0 Å². The monoisotopic (exact) mass is 308 g/mol. The van der Waals surface area contributed by atoms with E-state index in [-0.39, 0.29) is 16.5 Å². The van der Waals surface area contributed by atoms with E-state index in [2.05, 4.69) is 5.32 Å². The number of anilines is 1. The number of carbonyl (C=O) groups is 2. The molecule has 0 saturated heterocycles. The van der Waals surface area contributed by atoms with E-state index in [0.717, 1.165) is 0 Å². The molecule has 6 heteroatoms. The van der Waals surface area contributed by atoms with E-state index in [9.17, 15) is 9.59 Å². The minimum absolute atomic E-state index is 0.239. The molecule has 0 atom stereocenters. The summed E-state index contributed by atoms with van der Waals surface area (Å²) in [5.41, 5.74) is 6.27. The Labute approximate surface area is 125 Å². The first-order valence-electron chi connectivity index (χ1n) is 5.63. The molecule has 2 aromatic carbocycles. The van der Waals surface area contributed by atoms with Crippen molar-refractivity contribution >= 4 is 40.7 Å². The number of primary amides is 1. The molecule has 0 radical (unpaired) electrons. The molecule has 2 amide bonds. The van der Waals surface area contributed by atoms with E-state index in [4.69, 9.17) is 28.9 Å². The Kier molecular flexibility index (Phi) is 4.27. The molecule has 0 aliphatic carbocycles. The third-order valence-electron chi connectivity index (χ3n) is 2.61. The van der Waals surface area contributed by atoms with E-state index in [1.165, 1.54) is 18.2 Å². The molecule has 0 unspecified atom stereocenters. The minimum atomic E-state index is -0.581. The fourth-order valence-corrected chi connectivity index (χ4v) is 1.92. The Balaban J connectivity index is 2.19. The van der Waals surface area contributed by atoms with Gasteiger partial charge in [0.05, 0.1) is 10.7 Å². The summed E-state index contributed by atoms with van der Waals surface area (Å²) >= 11 is 11.7. The van der Waals surface area contributed by atoms with Crippen LogP contribution in [0.4, 0.5) is 5.69 Å². The van der Waals surface area contributed by atoms with E-state index in [0.29, 0.717) is 16.3 Å². The predicted octanol–water partition coefficient (Wildman–Crippen LogP) is 3.34. The van der Waals surface area contributed by atoms with Crippen LogP contribution in [0, 0.1) is 0 Å². The largest absolute Gasteiger partial charge is 0.366 e. The highest BCUT2D eigenvalue weighted by molar-refractivity contribution is 6.34. The lowest BCUT2D eigenvalue weighted by Gasteiger charge is -2.08. The van der Waals surface area contributed by atoms with Crippen molar-refractivity contribution in [1.29, 1.82) is 0 Å². The Morgan fingerprint density at radius 1 is 0.950 bits per heavy atom. The average Bonchev–Trinajstić information content (AvgIpc) is 2.41. The normalized spacial score (nSPS) is 10.1. The molecule has 20 heavy (non-hydrogen) atoms. The number of halogens is 2. The smallest absolute Gasteiger partial charge is 0.255 e. The molecule has 102 valence electrons. The number of benzene rings is 2. The highest BCUT2D eigenvalue weighted by atomic mass is 35.5. The first kappa shape index (κ1) is 14.4. The molecule has 0 aromatic heterocycles. The molecular weight excluding hydrogens is 299 g/mol. The summed E-state index contributed by atoms with van der Waals surface area (Å²) in [6.07, 6.45) is 0. The topological polar surface area (TPSA) is 72.2 Å². The number of rotatable bonds is 3.